The van der Waals surface area contributed by atoms with Crippen LogP contribution in [0, 0.1) is 18.6 Å². The predicted octanol–water partition coefficient (Wildman–Crippen LogP) is 6.60. The highest BCUT2D eigenvalue weighted by atomic mass is 32.1. The second kappa shape index (κ2) is 13.2. The van der Waals surface area contributed by atoms with E-state index < -0.39 is 83.2 Å². The van der Waals surface area contributed by atoms with E-state index >= 15 is 0 Å². The summed E-state index contributed by atoms with van der Waals surface area (Å²) in [6, 6.07) is 8.91. The zero-order valence-corrected chi connectivity index (χ0v) is 30.7. The van der Waals surface area contributed by atoms with Gasteiger partial charge in [-0.15, -0.1) is 0 Å². The van der Waals surface area contributed by atoms with Crippen molar-refractivity contribution in [2.75, 3.05) is 18.0 Å². The Balaban J connectivity index is 1.23. The Bertz CT molecular complexity index is 2380. The van der Waals surface area contributed by atoms with Crippen LogP contribution in [0.25, 0.3) is 21.5 Å². The van der Waals surface area contributed by atoms with Gasteiger partial charge in [0.25, 0.3) is 5.92 Å². The number of alkyl halides is 5. The summed E-state index contributed by atoms with van der Waals surface area (Å²) in [7, 11) is 0. The average molecular weight is 802 g/mol. The lowest BCUT2D eigenvalue weighted by Gasteiger charge is -2.43. The van der Waals surface area contributed by atoms with E-state index in [4.69, 9.17) is 4.98 Å². The minimum atomic E-state index is -5.04. The first kappa shape index (κ1) is 37.8. The highest BCUT2D eigenvalue weighted by Gasteiger charge is 2.50. The summed E-state index contributed by atoms with van der Waals surface area (Å²) < 4.78 is 102. The topological polar surface area (TPSA) is 125 Å². The number of anilines is 1. The molecular formula is C38H34F7N7O3S. The van der Waals surface area contributed by atoms with Crippen LogP contribution < -0.4 is 15.5 Å². The zero-order valence-electron chi connectivity index (χ0n) is 29.9. The van der Waals surface area contributed by atoms with Gasteiger partial charge in [0.1, 0.15) is 23.9 Å². The van der Waals surface area contributed by atoms with E-state index in [1.165, 1.54) is 11.3 Å². The molecule has 18 heteroatoms. The zero-order chi connectivity index (χ0) is 39.9. The Morgan fingerprint density at radius 1 is 1.05 bits per heavy atom. The standard InChI is InChI=1S/C38H34F7N7O3S/c1-19-9-21(3-4-26(19)36(7-8-36)46-18-53)25-14-28-33(49-34(56-28)51-16-35(2,55)17-51)48-30(25)27(12-20-10-22(39)13-23(40)11-20)47-29(54)15-52-32-24(5-6-37(32,41)42)31(50-52)38(43,44)45/h3-4,9-11,13-14,18,27,55H,5-8,12,15-17H2,1-2H3,(H,46,53)(H,47,54). The number of benzene rings is 2. The molecule has 10 nitrogen and oxygen atoms in total. The van der Waals surface area contributed by atoms with Crippen LogP contribution in [0.5, 0.6) is 0 Å². The number of nitrogens with one attached hydrogen (secondary N) is 2. The Labute approximate surface area is 318 Å². The first-order chi connectivity index (χ1) is 26.3. The maximum atomic E-state index is 15.0. The van der Waals surface area contributed by atoms with Crippen LogP contribution in [0.15, 0.2) is 42.5 Å². The van der Waals surface area contributed by atoms with Crippen molar-refractivity contribution in [3.8, 4) is 11.1 Å². The summed E-state index contributed by atoms with van der Waals surface area (Å²) in [6.45, 7) is 3.19. The third kappa shape index (κ3) is 6.97. The molecule has 3 N–H and O–H groups in total. The van der Waals surface area contributed by atoms with Gasteiger partial charge >= 0.3 is 6.18 Å². The number of aromatic nitrogens is 4. The van der Waals surface area contributed by atoms with Crippen LogP contribution in [0.4, 0.5) is 35.9 Å². The second-order valence-corrected chi connectivity index (χ2v) is 16.1. The monoisotopic (exact) mass is 801 g/mol. The Morgan fingerprint density at radius 3 is 2.39 bits per heavy atom. The average Bonchev–Trinajstić information content (AvgIpc) is 3.42. The van der Waals surface area contributed by atoms with Crippen LogP contribution in [-0.4, -0.2) is 55.9 Å². The largest absolute Gasteiger partial charge is 0.435 e. The van der Waals surface area contributed by atoms with Crippen molar-refractivity contribution in [1.82, 2.24) is 30.4 Å². The first-order valence-electron chi connectivity index (χ1n) is 17.8. The van der Waals surface area contributed by atoms with E-state index in [2.05, 4.69) is 20.7 Å². The van der Waals surface area contributed by atoms with Crippen LogP contribution >= 0.6 is 11.3 Å². The number of hydrogen-bond donors (Lipinski definition) is 3. The third-order valence-corrected chi connectivity index (χ3v) is 11.6. The fourth-order valence-corrected chi connectivity index (χ4v) is 8.90. The van der Waals surface area contributed by atoms with Crippen LogP contribution in [0.1, 0.15) is 71.6 Å². The number of carbonyl (C=O) groups is 2. The van der Waals surface area contributed by atoms with Gasteiger partial charge in [-0.3, -0.25) is 14.3 Å². The first-order valence-corrected chi connectivity index (χ1v) is 18.6. The minimum absolute atomic E-state index is 0.0930. The molecule has 0 bridgehead atoms. The molecule has 0 spiro atoms. The third-order valence-electron chi connectivity index (χ3n) is 10.5. The van der Waals surface area contributed by atoms with E-state index in [1.54, 1.807) is 13.0 Å². The summed E-state index contributed by atoms with van der Waals surface area (Å²) >= 11 is 1.31. The number of thiazole rings is 1. The quantitative estimate of drug-likeness (QED) is 0.102. The molecule has 8 rings (SSSR count). The second-order valence-electron chi connectivity index (χ2n) is 15.1. The summed E-state index contributed by atoms with van der Waals surface area (Å²) in [5.74, 6) is -6.48. The number of amides is 2. The maximum Gasteiger partial charge on any atom is 0.435 e. The highest BCUT2D eigenvalue weighted by Crippen LogP contribution is 2.48. The molecule has 3 aromatic heterocycles. The molecule has 56 heavy (non-hydrogen) atoms. The lowest BCUT2D eigenvalue weighted by molar-refractivity contribution is -0.142. The van der Waals surface area contributed by atoms with Gasteiger partial charge in [-0.2, -0.15) is 32.0 Å². The van der Waals surface area contributed by atoms with Gasteiger partial charge in [-0.05, 0) is 80.0 Å². The van der Waals surface area contributed by atoms with E-state index in [0.29, 0.717) is 51.2 Å². The molecule has 2 aliphatic carbocycles. The summed E-state index contributed by atoms with van der Waals surface area (Å²) in [6.07, 6.45) is -4.63. The van der Waals surface area contributed by atoms with Crippen molar-refractivity contribution in [3.63, 3.8) is 0 Å². The number of aryl methyl sites for hydroxylation is 1. The molecular weight excluding hydrogens is 768 g/mol. The Kier molecular flexibility index (Phi) is 8.94. The number of hydrogen-bond acceptors (Lipinski definition) is 8. The lowest BCUT2D eigenvalue weighted by Crippen LogP contribution is -2.60. The lowest BCUT2D eigenvalue weighted by atomic mass is 9.91. The molecule has 1 atom stereocenters. The molecule has 3 aliphatic rings. The fourth-order valence-electron chi connectivity index (χ4n) is 7.95. The molecule has 1 saturated heterocycles. The predicted molar refractivity (Wildman–Crippen MR) is 191 cm³/mol. The fraction of sp³-hybridized carbons (Fsp3) is 0.395. The molecule has 2 aromatic carbocycles. The van der Waals surface area contributed by atoms with Crippen molar-refractivity contribution in [2.45, 2.75) is 81.8 Å². The molecule has 2 amide bonds. The molecule has 5 aromatic rings. The van der Waals surface area contributed by atoms with Gasteiger partial charge in [0.2, 0.25) is 12.3 Å². The van der Waals surface area contributed by atoms with Gasteiger partial charge in [0.05, 0.1) is 40.7 Å². The van der Waals surface area contributed by atoms with E-state index in [9.17, 15) is 45.4 Å². The molecule has 1 aliphatic heterocycles. The van der Waals surface area contributed by atoms with Crippen LogP contribution in [0.3, 0.4) is 0 Å². The number of nitrogens with zero attached hydrogens (tertiary/aromatic N) is 5. The van der Waals surface area contributed by atoms with Gasteiger partial charge in [0, 0.05) is 23.6 Å². The van der Waals surface area contributed by atoms with Gasteiger partial charge in [0.15, 0.2) is 16.5 Å². The number of halogens is 7. The molecule has 294 valence electrons. The molecule has 2 fully saturated rings. The van der Waals surface area contributed by atoms with Crippen LogP contribution in [-0.2, 0) is 46.6 Å². The van der Waals surface area contributed by atoms with Crippen molar-refractivity contribution in [1.29, 1.82) is 0 Å². The molecule has 1 saturated carbocycles. The SMILES string of the molecule is Cc1cc(-c2cc3sc(N4CC(C)(O)C4)nc3nc2C(Cc2cc(F)cc(F)c2)NC(=O)Cn2nc(C(F)(F)F)c3c2C(F)(F)CC3)ccc1C1(NC=O)CC1. The number of pyridine rings is 1. The normalized spacial score (nSPS) is 18.4. The number of rotatable bonds is 11. The number of aliphatic hydroxyl groups is 1. The molecule has 1 unspecified atom stereocenters. The summed E-state index contributed by atoms with van der Waals surface area (Å²) in [4.78, 5) is 36.6. The molecule has 0 radical (unpaired) electrons. The number of carbonyl (C=O) groups excluding carboxylic acids is 2. The Morgan fingerprint density at radius 2 is 1.77 bits per heavy atom. The van der Waals surface area contributed by atoms with E-state index in [-0.39, 0.29) is 23.3 Å². The maximum absolute atomic E-state index is 15.0. The van der Waals surface area contributed by atoms with Gasteiger partial charge in [-0.1, -0.05) is 29.5 Å². The van der Waals surface area contributed by atoms with Crippen molar-refractivity contribution >= 4 is 39.1 Å². The minimum Gasteiger partial charge on any atom is -0.386 e. The summed E-state index contributed by atoms with van der Waals surface area (Å²) in [5.41, 5.74) is -1.23. The van der Waals surface area contributed by atoms with Gasteiger partial charge in [-0.25, -0.2) is 13.8 Å². The number of fused-ring (bicyclic) bond motifs is 2. The van der Waals surface area contributed by atoms with Crippen molar-refractivity contribution in [2.24, 2.45) is 0 Å². The van der Waals surface area contributed by atoms with E-state index in [1.807, 2.05) is 30.0 Å². The van der Waals surface area contributed by atoms with Gasteiger partial charge < -0.3 is 20.6 Å². The smallest absolute Gasteiger partial charge is 0.386 e. The van der Waals surface area contributed by atoms with Crippen LogP contribution in [0.2, 0.25) is 0 Å². The van der Waals surface area contributed by atoms with E-state index in [0.717, 1.165) is 36.1 Å². The highest BCUT2D eigenvalue weighted by molar-refractivity contribution is 7.22. The van der Waals surface area contributed by atoms with Crippen molar-refractivity contribution < 1.29 is 45.4 Å². The number of β-amino-alcohol motifs (C(OH)–C–C–N with tert-alkyl or cyclic N) is 1. The Hall–Kier alpha value is -5.10. The summed E-state index contributed by atoms with van der Waals surface area (Å²) in [5, 5.41) is 19.9. The molecule has 4 heterocycles. The van der Waals surface area contributed by atoms with Crippen molar-refractivity contribution in [3.05, 3.63) is 93.4 Å².